The van der Waals surface area contributed by atoms with Crippen molar-refractivity contribution in [2.75, 3.05) is 27.9 Å². The van der Waals surface area contributed by atoms with Gasteiger partial charge in [-0.25, -0.2) is 4.79 Å². The fourth-order valence-corrected chi connectivity index (χ4v) is 3.95. The highest BCUT2D eigenvalue weighted by Gasteiger charge is 2.48. The monoisotopic (exact) mass is 355 g/mol. The van der Waals surface area contributed by atoms with Crippen molar-refractivity contribution in [2.45, 2.75) is 18.6 Å². The van der Waals surface area contributed by atoms with Crippen LogP contribution in [0.15, 0.2) is 36.4 Å². The van der Waals surface area contributed by atoms with Gasteiger partial charge in [0.25, 0.3) is 0 Å². The molecule has 1 saturated heterocycles. The van der Waals surface area contributed by atoms with Crippen LogP contribution in [0.5, 0.6) is 17.2 Å². The Hall–Kier alpha value is -2.89. The number of ether oxygens (including phenoxy) is 4. The van der Waals surface area contributed by atoms with Crippen LogP contribution < -0.4 is 14.2 Å². The van der Waals surface area contributed by atoms with E-state index in [9.17, 15) is 4.79 Å². The number of hydrogen-bond acceptors (Lipinski definition) is 5. The number of rotatable bonds is 4. The molecule has 2 aliphatic heterocycles. The minimum Gasteiger partial charge on any atom is -0.493 e. The number of carbonyl (C=O) groups excluding carboxylic acids is 1. The Bertz CT molecular complexity index is 836. The maximum atomic E-state index is 12.5. The molecule has 0 spiro atoms. The molecule has 136 valence electrons. The highest BCUT2D eigenvalue weighted by Crippen LogP contribution is 2.53. The molecule has 1 amide bonds. The van der Waals surface area contributed by atoms with Crippen LogP contribution in [-0.4, -0.2) is 38.9 Å². The zero-order chi connectivity index (χ0) is 18.3. The smallest absolute Gasteiger partial charge is 0.411 e. The van der Waals surface area contributed by atoms with Gasteiger partial charge in [-0.2, -0.15) is 0 Å². The molecule has 2 aromatic rings. The average Bonchev–Trinajstić information content (AvgIpc) is 3.03. The second-order valence-electron chi connectivity index (χ2n) is 6.32. The van der Waals surface area contributed by atoms with Crippen LogP contribution >= 0.6 is 0 Å². The molecule has 0 bridgehead atoms. The van der Waals surface area contributed by atoms with Crippen LogP contribution in [0.3, 0.4) is 0 Å². The molecule has 0 radical (unpaired) electrons. The highest BCUT2D eigenvalue weighted by atomic mass is 16.6. The largest absolute Gasteiger partial charge is 0.493 e. The number of methoxy groups -OCH3 is 3. The van der Waals surface area contributed by atoms with E-state index in [1.807, 2.05) is 36.4 Å². The normalized spacial score (nSPS) is 20.9. The molecule has 6 heteroatoms. The molecule has 4 rings (SSSR count). The van der Waals surface area contributed by atoms with E-state index in [2.05, 4.69) is 0 Å². The van der Waals surface area contributed by atoms with Gasteiger partial charge in [0.05, 0.1) is 21.3 Å². The zero-order valence-electron chi connectivity index (χ0n) is 15.0. The highest BCUT2D eigenvalue weighted by molar-refractivity contribution is 5.74. The van der Waals surface area contributed by atoms with Gasteiger partial charge in [0.1, 0.15) is 6.04 Å². The lowest BCUT2D eigenvalue weighted by Crippen LogP contribution is -2.35. The number of hydrogen-bond donors (Lipinski definition) is 0. The molecule has 0 unspecified atom stereocenters. The van der Waals surface area contributed by atoms with Crippen molar-refractivity contribution in [3.8, 4) is 17.2 Å². The summed E-state index contributed by atoms with van der Waals surface area (Å²) in [6.45, 7) is 0.596. The molecule has 0 N–H and O–H groups in total. The number of carbonyl (C=O) groups is 1. The standard InChI is InChI=1S/C20H21NO5/c1-23-14-11-13-9-10-21-16(15(13)19(25-3)18(14)24-2)17(26-20(21)22)12-7-5-4-6-8-12/h4-8,11,16-17H,9-10H2,1-3H3/t16-,17-/m0/s1. The Labute approximate surface area is 152 Å². The van der Waals surface area contributed by atoms with Gasteiger partial charge in [0.15, 0.2) is 17.6 Å². The molecule has 0 saturated carbocycles. The van der Waals surface area contributed by atoms with Crippen LogP contribution in [-0.2, 0) is 11.2 Å². The summed E-state index contributed by atoms with van der Waals surface area (Å²) >= 11 is 0. The molecule has 26 heavy (non-hydrogen) atoms. The van der Waals surface area contributed by atoms with Crippen LogP contribution in [0.4, 0.5) is 4.79 Å². The van der Waals surface area contributed by atoms with E-state index in [-0.39, 0.29) is 12.1 Å². The third-order valence-corrected chi connectivity index (χ3v) is 5.08. The first kappa shape index (κ1) is 16.6. The molecule has 2 aromatic carbocycles. The quantitative estimate of drug-likeness (QED) is 0.840. The maximum Gasteiger partial charge on any atom is 0.411 e. The van der Waals surface area contributed by atoms with E-state index in [0.29, 0.717) is 30.2 Å². The van der Waals surface area contributed by atoms with Gasteiger partial charge in [-0.05, 0) is 23.6 Å². The van der Waals surface area contributed by atoms with Crippen molar-refractivity contribution in [3.63, 3.8) is 0 Å². The Morgan fingerprint density at radius 3 is 2.42 bits per heavy atom. The first-order valence-corrected chi connectivity index (χ1v) is 8.53. The lowest BCUT2D eigenvalue weighted by molar-refractivity contribution is 0.130. The molecule has 0 aromatic heterocycles. The summed E-state index contributed by atoms with van der Waals surface area (Å²) < 4.78 is 22.5. The van der Waals surface area contributed by atoms with Crippen LogP contribution in [0.2, 0.25) is 0 Å². The van der Waals surface area contributed by atoms with Crippen molar-refractivity contribution in [2.24, 2.45) is 0 Å². The Balaban J connectivity index is 1.91. The number of fused-ring (bicyclic) bond motifs is 3. The van der Waals surface area contributed by atoms with Gasteiger partial charge in [-0.15, -0.1) is 0 Å². The second-order valence-corrected chi connectivity index (χ2v) is 6.32. The van der Waals surface area contributed by atoms with Crippen molar-refractivity contribution < 1.29 is 23.7 Å². The fourth-order valence-electron chi connectivity index (χ4n) is 3.95. The number of nitrogens with zero attached hydrogens (tertiary/aromatic N) is 1. The Kier molecular flexibility index (Phi) is 4.11. The number of amides is 1. The molecule has 2 aliphatic rings. The van der Waals surface area contributed by atoms with E-state index >= 15 is 0 Å². The van der Waals surface area contributed by atoms with Gasteiger partial charge in [0, 0.05) is 12.1 Å². The van der Waals surface area contributed by atoms with Gasteiger partial charge in [0.2, 0.25) is 5.75 Å². The van der Waals surface area contributed by atoms with Crippen LogP contribution in [0.1, 0.15) is 28.8 Å². The third kappa shape index (κ3) is 2.36. The minimum absolute atomic E-state index is 0.261. The van der Waals surface area contributed by atoms with E-state index in [0.717, 1.165) is 16.7 Å². The summed E-state index contributed by atoms with van der Waals surface area (Å²) in [5.74, 6) is 1.75. The first-order chi connectivity index (χ1) is 12.7. The van der Waals surface area contributed by atoms with E-state index in [1.54, 1.807) is 26.2 Å². The number of benzene rings is 2. The third-order valence-electron chi connectivity index (χ3n) is 5.08. The van der Waals surface area contributed by atoms with Crippen LogP contribution in [0.25, 0.3) is 0 Å². The van der Waals surface area contributed by atoms with Gasteiger partial charge >= 0.3 is 6.09 Å². The molecular weight excluding hydrogens is 334 g/mol. The van der Waals surface area contributed by atoms with Gasteiger partial charge < -0.3 is 18.9 Å². The summed E-state index contributed by atoms with van der Waals surface area (Å²) in [5.41, 5.74) is 2.97. The molecule has 1 fully saturated rings. The maximum absolute atomic E-state index is 12.5. The molecular formula is C20H21NO5. The SMILES string of the molecule is COc1cc2c(c(OC)c1OC)[C@H]1[C@H](c3ccccc3)OC(=O)N1CC2. The summed E-state index contributed by atoms with van der Waals surface area (Å²) in [6, 6.07) is 11.5. The molecule has 2 atom stereocenters. The predicted octanol–water partition coefficient (Wildman–Crippen LogP) is 3.50. The summed E-state index contributed by atoms with van der Waals surface area (Å²) in [6.07, 6.45) is 0.0141. The van der Waals surface area contributed by atoms with Crippen molar-refractivity contribution >= 4 is 6.09 Å². The first-order valence-electron chi connectivity index (χ1n) is 8.53. The van der Waals surface area contributed by atoms with Gasteiger partial charge in [-0.1, -0.05) is 30.3 Å². The fraction of sp³-hybridized carbons (Fsp3) is 0.350. The lowest BCUT2D eigenvalue weighted by Gasteiger charge is -2.33. The van der Waals surface area contributed by atoms with E-state index in [1.165, 1.54) is 0 Å². The minimum atomic E-state index is -0.394. The van der Waals surface area contributed by atoms with Gasteiger partial charge in [-0.3, -0.25) is 4.90 Å². The molecule has 2 heterocycles. The van der Waals surface area contributed by atoms with E-state index in [4.69, 9.17) is 18.9 Å². The molecule has 0 aliphatic carbocycles. The zero-order valence-corrected chi connectivity index (χ0v) is 15.0. The second kappa shape index (κ2) is 6.44. The summed E-state index contributed by atoms with van der Waals surface area (Å²) in [4.78, 5) is 14.3. The van der Waals surface area contributed by atoms with E-state index < -0.39 is 6.10 Å². The average molecular weight is 355 g/mol. The van der Waals surface area contributed by atoms with Crippen molar-refractivity contribution in [1.82, 2.24) is 4.90 Å². The summed E-state index contributed by atoms with van der Waals surface area (Å²) in [7, 11) is 4.79. The van der Waals surface area contributed by atoms with Crippen molar-refractivity contribution in [3.05, 3.63) is 53.1 Å². The predicted molar refractivity (Wildman–Crippen MR) is 94.9 cm³/mol. The molecule has 6 nitrogen and oxygen atoms in total. The Morgan fingerprint density at radius 1 is 1.04 bits per heavy atom. The van der Waals surface area contributed by atoms with Crippen molar-refractivity contribution in [1.29, 1.82) is 0 Å². The van der Waals surface area contributed by atoms with Crippen LogP contribution in [0, 0.1) is 0 Å². The topological polar surface area (TPSA) is 57.2 Å². The summed E-state index contributed by atoms with van der Waals surface area (Å²) in [5, 5.41) is 0. The Morgan fingerprint density at radius 2 is 1.77 bits per heavy atom. The lowest BCUT2D eigenvalue weighted by atomic mass is 9.86. The number of cyclic esters (lactones) is 1.